The molecule has 2 aromatic rings. The Hall–Kier alpha value is -1.31. The number of hydrogen-bond donors (Lipinski definition) is 2. The van der Waals surface area contributed by atoms with Crippen LogP contribution in [0, 0.1) is 0 Å². The summed E-state index contributed by atoms with van der Waals surface area (Å²) in [7, 11) is 0. The van der Waals surface area contributed by atoms with Gasteiger partial charge in [0.05, 0.1) is 6.54 Å². The van der Waals surface area contributed by atoms with E-state index in [0.29, 0.717) is 5.13 Å². The zero-order chi connectivity index (χ0) is 13.9. The van der Waals surface area contributed by atoms with E-state index in [9.17, 15) is 4.79 Å². The van der Waals surface area contributed by atoms with E-state index in [0.717, 1.165) is 34.4 Å². The van der Waals surface area contributed by atoms with Gasteiger partial charge in [-0.25, -0.2) is 0 Å². The van der Waals surface area contributed by atoms with Crippen molar-refractivity contribution in [2.45, 2.75) is 18.9 Å². The molecule has 1 amide bonds. The Labute approximate surface area is 128 Å². The summed E-state index contributed by atoms with van der Waals surface area (Å²) in [5.74, 6) is 0.0287. The molecule has 1 aromatic heterocycles. The maximum Gasteiger partial charge on any atom is 0.284 e. The quantitative estimate of drug-likeness (QED) is 0.880. The van der Waals surface area contributed by atoms with Gasteiger partial charge in [-0.1, -0.05) is 39.4 Å². The molecule has 1 aliphatic rings. The van der Waals surface area contributed by atoms with Crippen LogP contribution in [0.15, 0.2) is 28.7 Å². The van der Waals surface area contributed by atoms with Crippen molar-refractivity contribution >= 4 is 38.3 Å². The van der Waals surface area contributed by atoms with Crippen LogP contribution in [-0.4, -0.2) is 28.7 Å². The van der Waals surface area contributed by atoms with E-state index in [1.807, 2.05) is 24.3 Å². The number of rotatable bonds is 3. The Kier molecular flexibility index (Phi) is 4.09. The molecule has 0 saturated carbocycles. The van der Waals surface area contributed by atoms with Crippen LogP contribution in [0.3, 0.4) is 0 Å². The van der Waals surface area contributed by atoms with Crippen LogP contribution < -0.4 is 10.6 Å². The lowest BCUT2D eigenvalue weighted by Crippen LogP contribution is -2.88. The van der Waals surface area contributed by atoms with Gasteiger partial charge in [-0.05, 0) is 12.1 Å². The molecule has 1 aliphatic heterocycles. The van der Waals surface area contributed by atoms with Gasteiger partial charge in [0.15, 0.2) is 6.04 Å². The highest BCUT2D eigenvalue weighted by atomic mass is 79.9. The van der Waals surface area contributed by atoms with Gasteiger partial charge >= 0.3 is 0 Å². The normalized spacial score (nSPS) is 18.1. The van der Waals surface area contributed by atoms with Crippen LogP contribution in [-0.2, 0) is 4.79 Å². The van der Waals surface area contributed by atoms with E-state index in [1.54, 1.807) is 0 Å². The number of nitrogens with two attached hydrogens (primary N) is 1. The van der Waals surface area contributed by atoms with Gasteiger partial charge in [-0.3, -0.25) is 10.1 Å². The summed E-state index contributed by atoms with van der Waals surface area (Å²) in [5.41, 5.74) is 0.999. The zero-order valence-corrected chi connectivity index (χ0v) is 13.1. The van der Waals surface area contributed by atoms with Crippen molar-refractivity contribution in [3.05, 3.63) is 28.7 Å². The van der Waals surface area contributed by atoms with E-state index in [4.69, 9.17) is 0 Å². The number of halogens is 1. The molecule has 0 unspecified atom stereocenters. The van der Waals surface area contributed by atoms with Crippen LogP contribution >= 0.6 is 27.3 Å². The number of amides is 1. The fourth-order valence-corrected chi connectivity index (χ4v) is 3.21. The second kappa shape index (κ2) is 5.99. The molecule has 7 heteroatoms. The lowest BCUT2D eigenvalue weighted by Gasteiger charge is -2.04. The number of benzene rings is 1. The van der Waals surface area contributed by atoms with Crippen LogP contribution in [0.5, 0.6) is 0 Å². The fraction of sp³-hybridized carbons (Fsp3) is 0.308. The summed E-state index contributed by atoms with van der Waals surface area (Å²) < 4.78 is 1.02. The number of aromatic nitrogens is 2. The average molecular weight is 354 g/mol. The first-order chi connectivity index (χ1) is 9.72. The Bertz CT molecular complexity index is 607. The number of anilines is 1. The molecule has 3 rings (SSSR count). The Balaban J connectivity index is 1.70. The Morgan fingerprint density at radius 2 is 2.15 bits per heavy atom. The fourth-order valence-electron chi connectivity index (χ4n) is 2.19. The average Bonchev–Trinajstić information content (AvgIpc) is 3.10. The molecule has 104 valence electrons. The molecule has 3 N–H and O–H groups in total. The Morgan fingerprint density at radius 1 is 1.35 bits per heavy atom. The van der Waals surface area contributed by atoms with Crippen molar-refractivity contribution in [2.75, 3.05) is 11.9 Å². The number of carbonyl (C=O) groups is 1. The molecule has 5 nitrogen and oxygen atoms in total. The predicted octanol–water partition coefficient (Wildman–Crippen LogP) is 1.63. The summed E-state index contributed by atoms with van der Waals surface area (Å²) in [6.07, 6.45) is 2.03. The highest BCUT2D eigenvalue weighted by Gasteiger charge is 2.26. The van der Waals surface area contributed by atoms with Crippen molar-refractivity contribution in [3.63, 3.8) is 0 Å². The summed E-state index contributed by atoms with van der Waals surface area (Å²) in [6, 6.07) is 7.89. The van der Waals surface area contributed by atoms with E-state index in [1.165, 1.54) is 11.3 Å². The molecule has 20 heavy (non-hydrogen) atoms. The summed E-state index contributed by atoms with van der Waals surface area (Å²) in [4.78, 5) is 12.0. The molecule has 1 fully saturated rings. The van der Waals surface area contributed by atoms with Gasteiger partial charge in [-0.2, -0.15) is 0 Å². The lowest BCUT2D eigenvalue weighted by atomic mass is 10.2. The molecule has 0 bridgehead atoms. The van der Waals surface area contributed by atoms with E-state index < -0.39 is 0 Å². The standard InChI is InChI=1S/C13H13BrN4OS/c14-9-5-3-8(4-6-9)12-17-18-13(20-12)16-11(19)10-2-1-7-15-10/h3-6,10,15H,1-2,7H2,(H,16,18,19)/p+1/t10-/m1/s1. The number of nitrogens with one attached hydrogen (secondary N) is 1. The van der Waals surface area contributed by atoms with Crippen molar-refractivity contribution in [2.24, 2.45) is 0 Å². The highest BCUT2D eigenvalue weighted by Crippen LogP contribution is 2.27. The van der Waals surface area contributed by atoms with Crippen molar-refractivity contribution in [1.82, 2.24) is 10.2 Å². The van der Waals surface area contributed by atoms with Gasteiger partial charge in [0.1, 0.15) is 5.01 Å². The minimum absolute atomic E-state index is 0.0232. The lowest BCUT2D eigenvalue weighted by molar-refractivity contribution is -0.656. The minimum atomic E-state index is 0.0232. The zero-order valence-electron chi connectivity index (χ0n) is 10.7. The first-order valence-electron chi connectivity index (χ1n) is 6.46. The first kappa shape index (κ1) is 13.7. The minimum Gasteiger partial charge on any atom is -0.336 e. The van der Waals surface area contributed by atoms with Crippen molar-refractivity contribution < 1.29 is 10.1 Å². The van der Waals surface area contributed by atoms with Crippen molar-refractivity contribution in [3.8, 4) is 10.6 Å². The molecule has 1 saturated heterocycles. The summed E-state index contributed by atoms with van der Waals surface area (Å²) >= 11 is 4.80. The van der Waals surface area contributed by atoms with E-state index in [-0.39, 0.29) is 11.9 Å². The summed E-state index contributed by atoms with van der Waals surface area (Å²) in [5, 5.41) is 14.5. The second-order valence-electron chi connectivity index (χ2n) is 4.68. The third-order valence-corrected chi connectivity index (χ3v) is 4.67. The van der Waals surface area contributed by atoms with Crippen LogP contribution in [0.2, 0.25) is 0 Å². The van der Waals surface area contributed by atoms with Crippen molar-refractivity contribution in [1.29, 1.82) is 0 Å². The van der Waals surface area contributed by atoms with E-state index in [2.05, 4.69) is 36.8 Å². The van der Waals surface area contributed by atoms with Crippen LogP contribution in [0.25, 0.3) is 10.6 Å². The molecule has 2 heterocycles. The third-order valence-electron chi connectivity index (χ3n) is 3.25. The molecule has 1 aromatic carbocycles. The number of hydrogen-bond acceptors (Lipinski definition) is 4. The number of carbonyl (C=O) groups excluding carboxylic acids is 1. The van der Waals surface area contributed by atoms with Gasteiger partial charge in [0.25, 0.3) is 5.91 Å². The van der Waals surface area contributed by atoms with E-state index >= 15 is 0 Å². The molecule has 0 aliphatic carbocycles. The molecular weight excluding hydrogens is 340 g/mol. The molecule has 1 atom stereocenters. The largest absolute Gasteiger partial charge is 0.336 e. The SMILES string of the molecule is O=C(Nc1nnc(-c2ccc(Br)cc2)s1)[C@H]1CCC[NH2+]1. The van der Waals surface area contributed by atoms with Gasteiger partial charge in [-0.15, -0.1) is 10.2 Å². The van der Waals surface area contributed by atoms with Gasteiger partial charge in [0.2, 0.25) is 5.13 Å². The molecular formula is C13H14BrN4OS+. The smallest absolute Gasteiger partial charge is 0.284 e. The maximum atomic E-state index is 12.0. The Morgan fingerprint density at radius 3 is 2.85 bits per heavy atom. The first-order valence-corrected chi connectivity index (χ1v) is 8.07. The molecule has 0 spiro atoms. The molecule has 0 radical (unpaired) electrons. The van der Waals surface area contributed by atoms with Gasteiger partial charge < -0.3 is 5.32 Å². The predicted molar refractivity (Wildman–Crippen MR) is 81.5 cm³/mol. The second-order valence-corrected chi connectivity index (χ2v) is 6.57. The number of quaternary nitrogens is 1. The number of nitrogens with zero attached hydrogens (tertiary/aromatic N) is 2. The third kappa shape index (κ3) is 3.05. The topological polar surface area (TPSA) is 71.5 Å². The summed E-state index contributed by atoms with van der Waals surface area (Å²) in [6.45, 7) is 1.03. The van der Waals surface area contributed by atoms with Crippen LogP contribution in [0.4, 0.5) is 5.13 Å². The monoisotopic (exact) mass is 353 g/mol. The highest BCUT2D eigenvalue weighted by molar-refractivity contribution is 9.10. The van der Waals surface area contributed by atoms with Gasteiger partial charge in [0, 0.05) is 22.9 Å². The van der Waals surface area contributed by atoms with Crippen LogP contribution in [0.1, 0.15) is 12.8 Å². The maximum absolute atomic E-state index is 12.0.